The lowest BCUT2D eigenvalue weighted by Crippen LogP contribution is -2.49. The van der Waals surface area contributed by atoms with Gasteiger partial charge in [-0.05, 0) is 51.9 Å². The molecule has 2 N–H and O–H groups in total. The van der Waals surface area contributed by atoms with Crippen molar-refractivity contribution in [1.82, 2.24) is 14.8 Å². The molecule has 0 radical (unpaired) electrons. The van der Waals surface area contributed by atoms with Crippen LogP contribution in [0.2, 0.25) is 0 Å². The lowest BCUT2D eigenvalue weighted by atomic mass is 10.1. The number of unbranched alkanes of at least 4 members (excludes halogenated alkanes) is 1. The number of amides is 1. The summed E-state index contributed by atoms with van der Waals surface area (Å²) in [5.41, 5.74) is 8.03. The topological polar surface area (TPSA) is 62.5 Å². The van der Waals surface area contributed by atoms with Crippen molar-refractivity contribution in [2.45, 2.75) is 26.7 Å². The van der Waals surface area contributed by atoms with Crippen molar-refractivity contribution in [3.63, 3.8) is 0 Å². The van der Waals surface area contributed by atoms with Crippen LogP contribution in [0.4, 0.5) is 0 Å². The van der Waals surface area contributed by atoms with Crippen molar-refractivity contribution in [2.24, 2.45) is 5.73 Å². The zero-order chi connectivity index (χ0) is 15.2. The van der Waals surface area contributed by atoms with Crippen LogP contribution in [0.5, 0.6) is 0 Å². The summed E-state index contributed by atoms with van der Waals surface area (Å²) in [6.07, 6.45) is 2.22. The van der Waals surface area contributed by atoms with E-state index >= 15 is 0 Å². The maximum absolute atomic E-state index is 12.5. The Morgan fingerprint density at radius 2 is 1.90 bits per heavy atom. The zero-order valence-electron chi connectivity index (χ0n) is 13.1. The van der Waals surface area contributed by atoms with Crippen LogP contribution in [0.25, 0.3) is 0 Å². The van der Waals surface area contributed by atoms with Crippen LogP contribution < -0.4 is 5.73 Å². The van der Waals surface area contributed by atoms with E-state index in [-0.39, 0.29) is 5.91 Å². The van der Waals surface area contributed by atoms with Crippen LogP contribution in [0.3, 0.4) is 0 Å². The number of pyridine rings is 1. The number of rotatable bonds is 5. The van der Waals surface area contributed by atoms with Gasteiger partial charge in [0.05, 0.1) is 11.3 Å². The molecule has 5 heteroatoms. The summed E-state index contributed by atoms with van der Waals surface area (Å²) in [6, 6.07) is 3.80. The molecule has 0 atom stereocenters. The summed E-state index contributed by atoms with van der Waals surface area (Å²) in [5, 5.41) is 0. The summed E-state index contributed by atoms with van der Waals surface area (Å²) in [4.78, 5) is 21.3. The van der Waals surface area contributed by atoms with Gasteiger partial charge in [-0.15, -0.1) is 0 Å². The van der Waals surface area contributed by atoms with Gasteiger partial charge in [0.25, 0.3) is 5.91 Å². The fraction of sp³-hybridized carbons (Fsp3) is 0.625. The van der Waals surface area contributed by atoms with Crippen LogP contribution in [-0.2, 0) is 0 Å². The van der Waals surface area contributed by atoms with Crippen molar-refractivity contribution >= 4 is 5.91 Å². The normalized spacial score (nSPS) is 16.2. The van der Waals surface area contributed by atoms with Gasteiger partial charge in [-0.1, -0.05) is 0 Å². The van der Waals surface area contributed by atoms with Crippen LogP contribution in [0, 0.1) is 13.8 Å². The molecule has 1 aliphatic rings. The second-order valence-corrected chi connectivity index (χ2v) is 5.72. The Balaban J connectivity index is 1.88. The highest BCUT2D eigenvalue weighted by atomic mass is 16.2. The van der Waals surface area contributed by atoms with Crippen LogP contribution in [0.15, 0.2) is 12.1 Å². The minimum atomic E-state index is 0.113. The van der Waals surface area contributed by atoms with Crippen molar-refractivity contribution in [1.29, 1.82) is 0 Å². The minimum Gasteiger partial charge on any atom is -0.336 e. The highest BCUT2D eigenvalue weighted by Crippen LogP contribution is 2.12. The Bertz CT molecular complexity index is 481. The lowest BCUT2D eigenvalue weighted by molar-refractivity contribution is 0.0634. The zero-order valence-corrected chi connectivity index (χ0v) is 13.1. The first-order chi connectivity index (χ1) is 10.1. The summed E-state index contributed by atoms with van der Waals surface area (Å²) in [5.74, 6) is 0.113. The monoisotopic (exact) mass is 290 g/mol. The summed E-state index contributed by atoms with van der Waals surface area (Å²) >= 11 is 0. The predicted molar refractivity (Wildman–Crippen MR) is 84.3 cm³/mol. The van der Waals surface area contributed by atoms with E-state index in [2.05, 4.69) is 9.88 Å². The SMILES string of the molecule is Cc1ccc(C(=O)N2CCN(CCCCN)CC2)c(C)n1. The van der Waals surface area contributed by atoms with Crippen LogP contribution in [0.1, 0.15) is 34.6 Å². The molecule has 2 heterocycles. The first-order valence-electron chi connectivity index (χ1n) is 7.78. The number of aromatic nitrogens is 1. The van der Waals surface area contributed by atoms with Gasteiger partial charge in [-0.2, -0.15) is 0 Å². The van der Waals surface area contributed by atoms with Gasteiger partial charge in [0.15, 0.2) is 0 Å². The molecule has 1 saturated heterocycles. The molecule has 116 valence electrons. The quantitative estimate of drug-likeness (QED) is 0.828. The molecule has 5 nitrogen and oxygen atoms in total. The average molecular weight is 290 g/mol. The second kappa shape index (κ2) is 7.52. The van der Waals surface area contributed by atoms with E-state index in [1.807, 2.05) is 30.9 Å². The van der Waals surface area contributed by atoms with Gasteiger partial charge in [-0.3, -0.25) is 14.7 Å². The number of nitrogens with zero attached hydrogens (tertiary/aromatic N) is 3. The lowest BCUT2D eigenvalue weighted by Gasteiger charge is -2.35. The smallest absolute Gasteiger partial charge is 0.255 e. The Morgan fingerprint density at radius 3 is 2.52 bits per heavy atom. The molecule has 0 saturated carbocycles. The Labute approximate surface area is 127 Å². The molecule has 0 unspecified atom stereocenters. The number of hydrogen-bond acceptors (Lipinski definition) is 4. The molecular formula is C16H26N4O. The number of nitrogens with two attached hydrogens (primary N) is 1. The molecule has 0 aliphatic carbocycles. The van der Waals surface area contributed by atoms with Gasteiger partial charge >= 0.3 is 0 Å². The molecular weight excluding hydrogens is 264 g/mol. The van der Waals surface area contributed by atoms with E-state index in [0.717, 1.165) is 69.1 Å². The molecule has 0 spiro atoms. The maximum atomic E-state index is 12.5. The molecule has 1 amide bonds. The third-order valence-corrected chi connectivity index (χ3v) is 4.04. The fourth-order valence-electron chi connectivity index (χ4n) is 2.74. The van der Waals surface area contributed by atoms with Crippen molar-refractivity contribution in [3.8, 4) is 0 Å². The number of carbonyl (C=O) groups excluding carboxylic acids is 1. The van der Waals surface area contributed by atoms with Crippen molar-refractivity contribution in [2.75, 3.05) is 39.3 Å². The molecule has 21 heavy (non-hydrogen) atoms. The van der Waals surface area contributed by atoms with Crippen LogP contribution in [-0.4, -0.2) is 60.0 Å². The van der Waals surface area contributed by atoms with Crippen molar-refractivity contribution in [3.05, 3.63) is 29.1 Å². The number of aryl methyl sites for hydroxylation is 2. The van der Waals surface area contributed by atoms with E-state index in [0.29, 0.717) is 0 Å². The summed E-state index contributed by atoms with van der Waals surface area (Å²) < 4.78 is 0. The third kappa shape index (κ3) is 4.25. The highest BCUT2D eigenvalue weighted by Gasteiger charge is 2.23. The van der Waals surface area contributed by atoms with Gasteiger partial charge in [0.2, 0.25) is 0 Å². The largest absolute Gasteiger partial charge is 0.336 e. The van der Waals surface area contributed by atoms with E-state index in [1.165, 1.54) is 0 Å². The Morgan fingerprint density at radius 1 is 1.19 bits per heavy atom. The van der Waals surface area contributed by atoms with Crippen LogP contribution >= 0.6 is 0 Å². The Kier molecular flexibility index (Phi) is 5.70. The van der Waals surface area contributed by atoms with E-state index in [1.54, 1.807) is 0 Å². The number of hydrogen-bond donors (Lipinski definition) is 1. The average Bonchev–Trinajstić information content (AvgIpc) is 2.48. The van der Waals surface area contributed by atoms with Gasteiger partial charge in [-0.25, -0.2) is 0 Å². The molecule has 1 aromatic rings. The van der Waals surface area contributed by atoms with Gasteiger partial charge < -0.3 is 10.6 Å². The number of carbonyl (C=O) groups is 1. The van der Waals surface area contributed by atoms with Gasteiger partial charge in [0.1, 0.15) is 0 Å². The first kappa shape index (κ1) is 15.9. The third-order valence-electron chi connectivity index (χ3n) is 4.04. The summed E-state index contributed by atoms with van der Waals surface area (Å²) in [7, 11) is 0. The maximum Gasteiger partial charge on any atom is 0.255 e. The van der Waals surface area contributed by atoms with Gasteiger partial charge in [0, 0.05) is 31.9 Å². The van der Waals surface area contributed by atoms with E-state index < -0.39 is 0 Å². The molecule has 1 aromatic heterocycles. The second-order valence-electron chi connectivity index (χ2n) is 5.72. The van der Waals surface area contributed by atoms with Crippen molar-refractivity contribution < 1.29 is 4.79 Å². The molecule has 0 aromatic carbocycles. The fourth-order valence-corrected chi connectivity index (χ4v) is 2.74. The molecule has 0 bridgehead atoms. The van der Waals surface area contributed by atoms with E-state index in [9.17, 15) is 4.79 Å². The molecule has 2 rings (SSSR count). The molecule has 1 aliphatic heterocycles. The predicted octanol–water partition coefficient (Wildman–Crippen LogP) is 1.20. The van der Waals surface area contributed by atoms with E-state index in [4.69, 9.17) is 5.73 Å². The molecule has 1 fully saturated rings. The first-order valence-corrected chi connectivity index (χ1v) is 7.78. The highest BCUT2D eigenvalue weighted by molar-refractivity contribution is 5.95. The number of piperazine rings is 1. The Hall–Kier alpha value is -1.46. The summed E-state index contributed by atoms with van der Waals surface area (Å²) in [6.45, 7) is 9.21. The minimum absolute atomic E-state index is 0.113. The standard InChI is InChI=1S/C16H26N4O/c1-13-5-6-15(14(2)18-13)16(21)20-11-9-19(10-12-20)8-4-3-7-17/h5-6H,3-4,7-12,17H2,1-2H3.